The number of phenols is 1. The molecule has 2 aliphatic heterocycles. The number of benzene rings is 1. The summed E-state index contributed by atoms with van der Waals surface area (Å²) in [5.74, 6) is 1.28. The van der Waals surface area contributed by atoms with Crippen LogP contribution in [-0.4, -0.2) is 69.8 Å². The van der Waals surface area contributed by atoms with Crippen molar-refractivity contribution in [3.8, 4) is 11.5 Å². The number of rotatable bonds is 5. The summed E-state index contributed by atoms with van der Waals surface area (Å²) in [6.07, 6.45) is 11.7. The molecule has 3 aliphatic carbocycles. The number of ether oxygens (including phenoxy) is 1. The standard InChI is InChI=1S/C28H32N2O5/c1-29(24(32)9-4-18-10-13-34-16-18)21-7-8-23-27-11-12-30(15-17-2-3-17)22(28(21,27)33)14-19-5-6-20(31)26(35-23)25(19)27/h4-6,9-10,13,16-17,21-23,31,33H,2-3,7-8,11-12,14-15H2,1H3/b9-4+/t21-,22+,23-,27+,28+/m0/s1. The number of carbonyl (C=O) groups excluding carboxylic acids is 1. The summed E-state index contributed by atoms with van der Waals surface area (Å²) in [6.45, 7) is 1.91. The van der Waals surface area contributed by atoms with Gasteiger partial charge in [0.1, 0.15) is 11.7 Å². The Kier molecular flexibility index (Phi) is 4.53. The topological polar surface area (TPSA) is 86.4 Å². The maximum absolute atomic E-state index is 13.3. The van der Waals surface area contributed by atoms with Crippen LogP contribution in [0.25, 0.3) is 6.08 Å². The molecule has 1 amide bonds. The van der Waals surface area contributed by atoms with E-state index in [2.05, 4.69) is 4.90 Å². The van der Waals surface area contributed by atoms with E-state index in [9.17, 15) is 15.0 Å². The van der Waals surface area contributed by atoms with E-state index in [1.165, 1.54) is 18.4 Å². The minimum atomic E-state index is -1.16. The van der Waals surface area contributed by atoms with Gasteiger partial charge in [0, 0.05) is 36.8 Å². The lowest BCUT2D eigenvalue weighted by atomic mass is 9.47. The fourth-order valence-electron chi connectivity index (χ4n) is 7.79. The van der Waals surface area contributed by atoms with Crippen LogP contribution in [0.2, 0.25) is 0 Å². The highest BCUT2D eigenvalue weighted by molar-refractivity contribution is 5.92. The van der Waals surface area contributed by atoms with Crippen molar-refractivity contribution in [2.24, 2.45) is 5.92 Å². The van der Waals surface area contributed by atoms with E-state index in [1.54, 1.807) is 35.6 Å². The average molecular weight is 477 g/mol. The molecule has 3 heterocycles. The van der Waals surface area contributed by atoms with Gasteiger partial charge in [0.05, 0.1) is 24.0 Å². The van der Waals surface area contributed by atoms with E-state index in [0.29, 0.717) is 24.5 Å². The second-order valence-corrected chi connectivity index (χ2v) is 11.2. The van der Waals surface area contributed by atoms with Crippen molar-refractivity contribution in [2.45, 2.75) is 67.7 Å². The molecular weight excluding hydrogens is 444 g/mol. The maximum atomic E-state index is 13.3. The SMILES string of the molecule is CN(C(=O)/C=C/c1ccoc1)[C@H]1CC[C@@H]2Oc3c(O)ccc4c3[C@@]23CCN(CC2CC2)[C@H](C4)[C@]13O. The first-order chi connectivity index (χ1) is 16.9. The van der Waals surface area contributed by atoms with Gasteiger partial charge < -0.3 is 24.3 Å². The van der Waals surface area contributed by atoms with Gasteiger partial charge in [-0.15, -0.1) is 0 Å². The summed E-state index contributed by atoms with van der Waals surface area (Å²) in [7, 11) is 1.82. The molecule has 1 saturated heterocycles. The number of hydrogen-bond donors (Lipinski definition) is 2. The van der Waals surface area contributed by atoms with E-state index in [4.69, 9.17) is 9.15 Å². The smallest absolute Gasteiger partial charge is 0.246 e. The molecular formula is C28H32N2O5. The number of likely N-dealkylation sites (N-methyl/N-ethyl adjacent to an activating group) is 1. The van der Waals surface area contributed by atoms with Crippen LogP contribution in [0.1, 0.15) is 48.8 Å². The van der Waals surface area contributed by atoms with Gasteiger partial charge in [-0.3, -0.25) is 9.69 Å². The fourth-order valence-corrected chi connectivity index (χ4v) is 7.79. The van der Waals surface area contributed by atoms with Crippen LogP contribution in [0.3, 0.4) is 0 Å². The van der Waals surface area contributed by atoms with Gasteiger partial charge >= 0.3 is 0 Å². The summed E-state index contributed by atoms with van der Waals surface area (Å²) >= 11 is 0. The first kappa shape index (κ1) is 21.5. The molecule has 2 aromatic rings. The van der Waals surface area contributed by atoms with Gasteiger partial charge in [0.2, 0.25) is 5.91 Å². The molecule has 35 heavy (non-hydrogen) atoms. The molecule has 5 atom stereocenters. The number of furan rings is 1. The van der Waals surface area contributed by atoms with Crippen LogP contribution < -0.4 is 4.74 Å². The molecule has 5 aliphatic rings. The zero-order valence-corrected chi connectivity index (χ0v) is 20.0. The Morgan fingerprint density at radius 3 is 2.89 bits per heavy atom. The third-order valence-corrected chi connectivity index (χ3v) is 9.53. The van der Waals surface area contributed by atoms with Gasteiger partial charge in [-0.2, -0.15) is 0 Å². The molecule has 2 bridgehead atoms. The average Bonchev–Trinajstić information content (AvgIpc) is 3.36. The second kappa shape index (κ2) is 7.37. The highest BCUT2D eigenvalue weighted by Crippen LogP contribution is 2.66. The highest BCUT2D eigenvalue weighted by atomic mass is 16.5. The van der Waals surface area contributed by atoms with Crippen LogP contribution in [0.15, 0.2) is 41.2 Å². The molecule has 0 unspecified atom stereocenters. The van der Waals surface area contributed by atoms with E-state index in [-0.39, 0.29) is 29.8 Å². The van der Waals surface area contributed by atoms with Crippen molar-refractivity contribution < 1.29 is 24.2 Å². The normalized spacial score (nSPS) is 35.1. The van der Waals surface area contributed by atoms with Crippen LogP contribution in [0.4, 0.5) is 0 Å². The first-order valence-corrected chi connectivity index (χ1v) is 12.9. The largest absolute Gasteiger partial charge is 0.504 e. The summed E-state index contributed by atoms with van der Waals surface area (Å²) < 4.78 is 11.5. The molecule has 7 heteroatoms. The predicted molar refractivity (Wildman–Crippen MR) is 129 cm³/mol. The summed E-state index contributed by atoms with van der Waals surface area (Å²) in [5, 5.41) is 23.7. The molecule has 7 rings (SSSR count). The van der Waals surface area contributed by atoms with Gasteiger partial charge in [-0.25, -0.2) is 0 Å². The Morgan fingerprint density at radius 2 is 2.11 bits per heavy atom. The molecule has 0 radical (unpaired) electrons. The quantitative estimate of drug-likeness (QED) is 0.645. The highest BCUT2D eigenvalue weighted by Gasteiger charge is 2.74. The number of carbonyl (C=O) groups is 1. The molecule has 2 saturated carbocycles. The van der Waals surface area contributed by atoms with Crippen molar-refractivity contribution in [1.82, 2.24) is 9.80 Å². The Balaban J connectivity index is 1.33. The van der Waals surface area contributed by atoms with E-state index in [1.807, 2.05) is 19.2 Å². The van der Waals surface area contributed by atoms with Crippen molar-refractivity contribution >= 4 is 12.0 Å². The van der Waals surface area contributed by atoms with Crippen LogP contribution in [0, 0.1) is 5.92 Å². The number of aliphatic hydroxyl groups is 1. The summed E-state index contributed by atoms with van der Waals surface area (Å²) in [4.78, 5) is 17.6. The Morgan fingerprint density at radius 1 is 1.26 bits per heavy atom. The number of nitrogens with zero attached hydrogens (tertiary/aromatic N) is 2. The lowest BCUT2D eigenvalue weighted by Gasteiger charge is -2.66. The van der Waals surface area contributed by atoms with Crippen molar-refractivity contribution in [3.05, 3.63) is 53.5 Å². The molecule has 1 aromatic carbocycles. The first-order valence-electron chi connectivity index (χ1n) is 12.9. The molecule has 2 N–H and O–H groups in total. The summed E-state index contributed by atoms with van der Waals surface area (Å²) in [6, 6.07) is 5.12. The van der Waals surface area contributed by atoms with Crippen LogP contribution in [0.5, 0.6) is 11.5 Å². The zero-order valence-electron chi connectivity index (χ0n) is 20.0. The van der Waals surface area contributed by atoms with E-state index in [0.717, 1.165) is 37.1 Å². The van der Waals surface area contributed by atoms with E-state index >= 15 is 0 Å². The number of aromatic hydroxyl groups is 1. The number of piperidine rings is 1. The molecule has 3 fully saturated rings. The van der Waals surface area contributed by atoms with Crippen LogP contribution >= 0.6 is 0 Å². The molecule has 1 aromatic heterocycles. The third kappa shape index (κ3) is 2.82. The zero-order chi connectivity index (χ0) is 23.9. The number of phenolic OH excluding ortho intramolecular Hbond substituents is 1. The number of hydrogen-bond acceptors (Lipinski definition) is 6. The minimum absolute atomic E-state index is 0.0932. The van der Waals surface area contributed by atoms with Crippen molar-refractivity contribution in [3.63, 3.8) is 0 Å². The van der Waals surface area contributed by atoms with Crippen molar-refractivity contribution in [2.75, 3.05) is 20.1 Å². The van der Waals surface area contributed by atoms with E-state index < -0.39 is 11.0 Å². The fraction of sp³-hybridized carbons (Fsp3) is 0.536. The monoisotopic (exact) mass is 476 g/mol. The molecule has 1 spiro atoms. The minimum Gasteiger partial charge on any atom is -0.504 e. The number of amides is 1. The van der Waals surface area contributed by atoms with Gasteiger partial charge in [-0.1, -0.05) is 6.07 Å². The van der Waals surface area contributed by atoms with Crippen LogP contribution in [-0.2, 0) is 16.6 Å². The maximum Gasteiger partial charge on any atom is 0.246 e. The Labute approximate surface area is 205 Å². The second-order valence-electron chi connectivity index (χ2n) is 11.2. The third-order valence-electron chi connectivity index (χ3n) is 9.53. The van der Waals surface area contributed by atoms with Crippen molar-refractivity contribution in [1.29, 1.82) is 0 Å². The lowest BCUT2D eigenvalue weighted by Crippen LogP contribution is -2.81. The Hall–Kier alpha value is -2.77. The predicted octanol–water partition coefficient (Wildman–Crippen LogP) is 3.09. The van der Waals surface area contributed by atoms with Gasteiger partial charge in [-0.05, 0) is 74.8 Å². The molecule has 184 valence electrons. The van der Waals surface area contributed by atoms with Gasteiger partial charge in [0.25, 0.3) is 0 Å². The number of likely N-dealkylation sites (tertiary alicyclic amines) is 1. The summed E-state index contributed by atoms with van der Waals surface area (Å²) in [5.41, 5.74) is 1.21. The molecule has 7 nitrogen and oxygen atoms in total. The Bertz CT molecular complexity index is 1200. The van der Waals surface area contributed by atoms with Gasteiger partial charge in [0.15, 0.2) is 11.5 Å². The lowest BCUT2D eigenvalue weighted by molar-refractivity contribution is -0.217.